The van der Waals surface area contributed by atoms with E-state index in [0.29, 0.717) is 18.0 Å². The molecule has 0 saturated heterocycles. The first-order valence-corrected chi connectivity index (χ1v) is 6.77. The van der Waals surface area contributed by atoms with Crippen LogP contribution in [0.5, 0.6) is 0 Å². The molecule has 3 heterocycles. The summed E-state index contributed by atoms with van der Waals surface area (Å²) >= 11 is 0. The van der Waals surface area contributed by atoms with Gasteiger partial charge in [-0.15, -0.1) is 0 Å². The molecule has 3 aromatic rings. The van der Waals surface area contributed by atoms with Gasteiger partial charge in [0, 0.05) is 25.4 Å². The van der Waals surface area contributed by atoms with E-state index in [1.54, 1.807) is 12.1 Å². The zero-order chi connectivity index (χ0) is 15.7. The molecule has 0 aliphatic heterocycles. The lowest BCUT2D eigenvalue weighted by Gasteiger charge is -2.04. The molecule has 0 atom stereocenters. The molecule has 0 unspecified atom stereocenters. The molecule has 0 bridgehead atoms. The normalized spacial score (nSPS) is 11.0. The average Bonchev–Trinajstić information content (AvgIpc) is 3.05. The third kappa shape index (κ3) is 2.48. The van der Waals surface area contributed by atoms with Gasteiger partial charge in [-0.2, -0.15) is 5.10 Å². The second kappa shape index (κ2) is 5.43. The molecule has 0 spiro atoms. The summed E-state index contributed by atoms with van der Waals surface area (Å²) in [7, 11) is 1.90. The number of anilines is 1. The van der Waals surface area contributed by atoms with Gasteiger partial charge in [0.1, 0.15) is 6.20 Å². The highest BCUT2D eigenvalue weighted by molar-refractivity contribution is 5.48. The summed E-state index contributed by atoms with van der Waals surface area (Å²) < 4.78 is 3.05. The van der Waals surface area contributed by atoms with Gasteiger partial charge in [0.25, 0.3) is 0 Å². The summed E-state index contributed by atoms with van der Waals surface area (Å²) in [5.41, 5.74) is 2.72. The molecule has 1 N–H and O–H groups in total. The summed E-state index contributed by atoms with van der Waals surface area (Å²) in [5, 5.41) is 22.4. The van der Waals surface area contributed by atoms with Gasteiger partial charge in [0.2, 0.25) is 5.65 Å². The Morgan fingerprint density at radius 1 is 1.36 bits per heavy atom. The van der Waals surface area contributed by atoms with Crippen molar-refractivity contribution < 1.29 is 4.92 Å². The second-order valence-electron chi connectivity index (χ2n) is 4.92. The van der Waals surface area contributed by atoms with Crippen LogP contribution in [-0.2, 0) is 13.5 Å². The van der Waals surface area contributed by atoms with Crippen LogP contribution in [0.15, 0.2) is 24.5 Å². The third-order valence-corrected chi connectivity index (χ3v) is 3.57. The number of aryl methyl sites for hydroxylation is 1. The molecule has 9 heteroatoms. The van der Waals surface area contributed by atoms with Crippen molar-refractivity contribution in [2.75, 3.05) is 11.9 Å². The number of nitrogens with zero attached hydrogens (tertiary/aromatic N) is 6. The molecule has 0 aromatic carbocycles. The quantitative estimate of drug-likeness (QED) is 0.563. The average molecular weight is 301 g/mol. The van der Waals surface area contributed by atoms with Crippen LogP contribution in [0.4, 0.5) is 11.6 Å². The fourth-order valence-corrected chi connectivity index (χ4v) is 2.19. The lowest BCUT2D eigenvalue weighted by atomic mass is 10.2. The lowest BCUT2D eigenvalue weighted by Crippen LogP contribution is -2.09. The second-order valence-corrected chi connectivity index (χ2v) is 4.92. The van der Waals surface area contributed by atoms with Crippen molar-refractivity contribution in [1.29, 1.82) is 0 Å². The molecule has 3 aromatic heterocycles. The van der Waals surface area contributed by atoms with Crippen molar-refractivity contribution in [3.63, 3.8) is 0 Å². The molecule has 9 nitrogen and oxygen atoms in total. The largest absolute Gasteiger partial charge is 0.368 e. The zero-order valence-corrected chi connectivity index (χ0v) is 12.2. The van der Waals surface area contributed by atoms with Crippen molar-refractivity contribution in [2.45, 2.75) is 13.3 Å². The third-order valence-electron chi connectivity index (χ3n) is 3.57. The maximum atomic E-state index is 10.9. The van der Waals surface area contributed by atoms with E-state index in [0.717, 1.165) is 17.7 Å². The van der Waals surface area contributed by atoms with E-state index in [-0.39, 0.29) is 5.82 Å². The molecule has 0 radical (unpaired) electrons. The van der Waals surface area contributed by atoms with Crippen LogP contribution in [0.1, 0.15) is 11.3 Å². The number of hydrogen-bond donors (Lipinski definition) is 1. The summed E-state index contributed by atoms with van der Waals surface area (Å²) in [6, 6.07) is 3.44. The van der Waals surface area contributed by atoms with E-state index in [9.17, 15) is 10.1 Å². The van der Waals surface area contributed by atoms with E-state index in [1.807, 2.05) is 24.9 Å². The number of imidazole rings is 1. The first-order valence-electron chi connectivity index (χ1n) is 6.77. The molecular formula is C13H15N7O2. The number of nitrogens with one attached hydrogen (secondary N) is 1. The number of fused-ring (bicyclic) bond motifs is 1. The summed E-state index contributed by atoms with van der Waals surface area (Å²) in [6.45, 7) is 2.68. The Morgan fingerprint density at radius 3 is 2.86 bits per heavy atom. The minimum atomic E-state index is -0.504. The van der Waals surface area contributed by atoms with Gasteiger partial charge < -0.3 is 15.4 Å². The maximum absolute atomic E-state index is 10.9. The number of aromatic nitrogens is 5. The van der Waals surface area contributed by atoms with Gasteiger partial charge in [-0.3, -0.25) is 4.68 Å². The molecule has 22 heavy (non-hydrogen) atoms. The Morgan fingerprint density at radius 2 is 2.18 bits per heavy atom. The van der Waals surface area contributed by atoms with Crippen LogP contribution in [0.25, 0.3) is 5.65 Å². The molecule has 114 valence electrons. The van der Waals surface area contributed by atoms with E-state index in [2.05, 4.69) is 20.5 Å². The topological polar surface area (TPSA) is 103 Å². The van der Waals surface area contributed by atoms with Crippen LogP contribution >= 0.6 is 0 Å². The van der Waals surface area contributed by atoms with Crippen molar-refractivity contribution in [2.24, 2.45) is 7.05 Å². The van der Waals surface area contributed by atoms with Crippen LogP contribution in [0.3, 0.4) is 0 Å². The Hall–Kier alpha value is -2.97. The highest BCUT2D eigenvalue weighted by Gasteiger charge is 2.15. The van der Waals surface area contributed by atoms with Gasteiger partial charge >= 0.3 is 5.82 Å². The Kier molecular flexibility index (Phi) is 3.45. The van der Waals surface area contributed by atoms with Crippen molar-refractivity contribution >= 4 is 17.3 Å². The Bertz CT molecular complexity index is 836. The fraction of sp³-hybridized carbons (Fsp3) is 0.308. The van der Waals surface area contributed by atoms with Gasteiger partial charge in [-0.1, -0.05) is 9.61 Å². The van der Waals surface area contributed by atoms with Crippen LogP contribution in [0.2, 0.25) is 0 Å². The predicted octanol–water partition coefficient (Wildman–Crippen LogP) is 1.33. The number of hydrogen-bond acceptors (Lipinski definition) is 6. The van der Waals surface area contributed by atoms with Crippen molar-refractivity contribution in [3.8, 4) is 0 Å². The summed E-state index contributed by atoms with van der Waals surface area (Å²) in [5.74, 6) is 0.414. The minimum Gasteiger partial charge on any atom is -0.367 e. The monoisotopic (exact) mass is 301 g/mol. The predicted molar refractivity (Wildman–Crippen MR) is 79.8 cm³/mol. The van der Waals surface area contributed by atoms with Gasteiger partial charge in [-0.05, 0) is 29.9 Å². The van der Waals surface area contributed by atoms with E-state index >= 15 is 0 Å². The van der Waals surface area contributed by atoms with Crippen molar-refractivity contribution in [3.05, 3.63) is 45.9 Å². The van der Waals surface area contributed by atoms with E-state index in [4.69, 9.17) is 0 Å². The SMILES string of the molecule is Cc1c(CCNc2ccc3ncc([N+](=O)[O-])n3n2)cnn1C. The molecule has 0 saturated carbocycles. The molecule has 0 aliphatic carbocycles. The first-order chi connectivity index (χ1) is 10.6. The van der Waals surface area contributed by atoms with E-state index in [1.165, 1.54) is 10.7 Å². The molecule has 0 fully saturated rings. The van der Waals surface area contributed by atoms with Gasteiger partial charge in [-0.25, -0.2) is 4.98 Å². The number of nitro groups is 1. The van der Waals surface area contributed by atoms with Crippen molar-refractivity contribution in [1.82, 2.24) is 24.4 Å². The lowest BCUT2D eigenvalue weighted by molar-refractivity contribution is -0.391. The molecule has 3 rings (SSSR count). The van der Waals surface area contributed by atoms with Crippen LogP contribution in [0, 0.1) is 17.0 Å². The first kappa shape index (κ1) is 14.0. The van der Waals surface area contributed by atoms with E-state index < -0.39 is 4.92 Å². The van der Waals surface area contributed by atoms with Crippen LogP contribution < -0.4 is 5.32 Å². The molecule has 0 aliphatic rings. The standard InChI is InChI=1S/C13H15N7O2/c1-9-10(7-16-18(9)2)5-6-14-11-3-4-12-15-8-13(20(21)22)19(12)17-11/h3-4,7-8H,5-6H2,1-2H3,(H,14,17). The number of rotatable bonds is 5. The molecular weight excluding hydrogens is 286 g/mol. The molecule has 0 amide bonds. The zero-order valence-electron chi connectivity index (χ0n) is 12.2. The highest BCUT2D eigenvalue weighted by Crippen LogP contribution is 2.15. The highest BCUT2D eigenvalue weighted by atomic mass is 16.6. The van der Waals surface area contributed by atoms with Gasteiger partial charge in [0.15, 0.2) is 5.82 Å². The Balaban J connectivity index is 1.72. The fourth-order valence-electron chi connectivity index (χ4n) is 2.19. The maximum Gasteiger partial charge on any atom is 0.368 e. The summed E-state index contributed by atoms with van der Waals surface area (Å²) in [4.78, 5) is 14.3. The van der Waals surface area contributed by atoms with Gasteiger partial charge in [0.05, 0.1) is 6.20 Å². The Labute approximate surface area is 125 Å². The minimum absolute atomic E-state index is 0.151. The smallest absolute Gasteiger partial charge is 0.367 e. The van der Waals surface area contributed by atoms with Crippen LogP contribution in [-0.4, -0.2) is 35.8 Å². The summed E-state index contributed by atoms with van der Waals surface area (Å²) in [6.07, 6.45) is 3.84.